The molecular formula is C21H27ClF3N5. The quantitative estimate of drug-likeness (QED) is 0.696. The lowest BCUT2D eigenvalue weighted by molar-refractivity contribution is -0.184. The molecule has 2 aromatic rings. The van der Waals surface area contributed by atoms with Crippen LogP contribution in [0.3, 0.4) is 0 Å². The third-order valence-electron chi connectivity index (χ3n) is 7.07. The van der Waals surface area contributed by atoms with Gasteiger partial charge in [-0.15, -0.1) is 10.2 Å². The van der Waals surface area contributed by atoms with Gasteiger partial charge < -0.3 is 4.90 Å². The molecule has 3 aliphatic rings. The first kappa shape index (κ1) is 20.4. The Morgan fingerprint density at radius 2 is 1.67 bits per heavy atom. The molecule has 0 atom stereocenters. The van der Waals surface area contributed by atoms with E-state index >= 15 is 0 Å². The summed E-state index contributed by atoms with van der Waals surface area (Å²) in [5, 5.41) is 9.29. The van der Waals surface area contributed by atoms with E-state index in [9.17, 15) is 13.2 Å². The smallest absolute Gasteiger partial charge is 0.368 e. The Labute approximate surface area is 179 Å². The van der Waals surface area contributed by atoms with E-state index in [-0.39, 0.29) is 18.9 Å². The lowest BCUT2D eigenvalue weighted by atomic mass is 9.84. The van der Waals surface area contributed by atoms with Crippen LogP contribution in [0, 0.1) is 11.8 Å². The molecule has 0 amide bonds. The molecule has 5 nitrogen and oxygen atoms in total. The van der Waals surface area contributed by atoms with Crippen molar-refractivity contribution in [1.29, 1.82) is 0 Å². The first-order valence-corrected chi connectivity index (χ1v) is 11.4. The minimum Gasteiger partial charge on any atom is -0.368 e. The normalized spacial score (nSPS) is 26.5. The van der Waals surface area contributed by atoms with E-state index in [4.69, 9.17) is 11.6 Å². The molecule has 3 fully saturated rings. The molecule has 0 radical (unpaired) electrons. The molecule has 1 saturated heterocycles. The van der Waals surface area contributed by atoms with Gasteiger partial charge in [0.15, 0.2) is 5.65 Å². The fourth-order valence-corrected chi connectivity index (χ4v) is 5.33. The largest absolute Gasteiger partial charge is 0.391 e. The van der Waals surface area contributed by atoms with Gasteiger partial charge in [-0.25, -0.2) is 0 Å². The second-order valence-electron chi connectivity index (χ2n) is 9.04. The van der Waals surface area contributed by atoms with Crippen LogP contribution in [0.4, 0.5) is 18.9 Å². The van der Waals surface area contributed by atoms with Crippen LogP contribution in [-0.4, -0.2) is 57.9 Å². The average Bonchev–Trinajstić information content (AvgIpc) is 3.46. The summed E-state index contributed by atoms with van der Waals surface area (Å²) in [5.41, 5.74) is 1.67. The molecule has 5 rings (SSSR count). The summed E-state index contributed by atoms with van der Waals surface area (Å²) in [5.74, 6) is 0.587. The molecule has 30 heavy (non-hydrogen) atoms. The van der Waals surface area contributed by atoms with E-state index in [1.165, 1.54) is 12.8 Å². The fraction of sp³-hybridized carbons (Fsp3) is 0.714. The summed E-state index contributed by atoms with van der Waals surface area (Å²) < 4.78 is 40.8. The summed E-state index contributed by atoms with van der Waals surface area (Å²) in [6.07, 6.45) is 3.25. The van der Waals surface area contributed by atoms with Crippen molar-refractivity contribution >= 4 is 22.9 Å². The minimum atomic E-state index is -4.04. The molecule has 0 unspecified atom stereocenters. The van der Waals surface area contributed by atoms with Crippen molar-refractivity contribution < 1.29 is 13.2 Å². The van der Waals surface area contributed by atoms with Gasteiger partial charge >= 0.3 is 6.18 Å². The van der Waals surface area contributed by atoms with Crippen molar-refractivity contribution in [2.45, 2.75) is 57.2 Å². The van der Waals surface area contributed by atoms with Gasteiger partial charge in [0.2, 0.25) is 0 Å². The molecule has 3 heterocycles. The van der Waals surface area contributed by atoms with E-state index in [1.54, 1.807) is 0 Å². The molecule has 164 valence electrons. The Kier molecular flexibility index (Phi) is 5.34. The summed E-state index contributed by atoms with van der Waals surface area (Å²) >= 11 is 6.70. The van der Waals surface area contributed by atoms with Crippen molar-refractivity contribution in [2.75, 3.05) is 31.1 Å². The number of hydrogen-bond donors (Lipinski definition) is 0. The molecule has 0 aromatic carbocycles. The lowest BCUT2D eigenvalue weighted by Gasteiger charge is -2.43. The predicted octanol–water partition coefficient (Wildman–Crippen LogP) is 4.58. The molecule has 9 heteroatoms. The Bertz CT molecular complexity index is 894. The summed E-state index contributed by atoms with van der Waals surface area (Å²) in [4.78, 5) is 4.62. The van der Waals surface area contributed by atoms with Gasteiger partial charge in [-0.2, -0.15) is 13.2 Å². The number of fused-ring (bicyclic) bond motifs is 1. The molecule has 2 aromatic heterocycles. The van der Waals surface area contributed by atoms with Crippen LogP contribution in [0.25, 0.3) is 5.65 Å². The third kappa shape index (κ3) is 4.00. The second kappa shape index (κ2) is 7.86. The molecule has 0 spiro atoms. The molecule has 0 bridgehead atoms. The number of pyridine rings is 1. The molecule has 2 aliphatic carbocycles. The van der Waals surface area contributed by atoms with Gasteiger partial charge in [0, 0.05) is 44.8 Å². The second-order valence-corrected chi connectivity index (χ2v) is 9.42. The maximum atomic E-state index is 12.9. The van der Waals surface area contributed by atoms with Gasteiger partial charge in [-0.3, -0.25) is 9.30 Å². The van der Waals surface area contributed by atoms with Crippen LogP contribution in [0.2, 0.25) is 5.02 Å². The van der Waals surface area contributed by atoms with E-state index in [1.807, 2.05) is 16.7 Å². The SMILES string of the molecule is FC(F)(F)[C@H]1CC[C@@H](N2CCN(c3ccn4c(CC5CC5)nnc4c3Cl)CC2)CC1. The number of aromatic nitrogens is 3. The maximum absolute atomic E-state index is 12.9. The van der Waals surface area contributed by atoms with Gasteiger partial charge in [0.05, 0.1) is 11.6 Å². The van der Waals surface area contributed by atoms with E-state index in [0.29, 0.717) is 23.5 Å². The van der Waals surface area contributed by atoms with E-state index in [2.05, 4.69) is 20.0 Å². The number of anilines is 1. The van der Waals surface area contributed by atoms with Gasteiger partial charge in [-0.1, -0.05) is 11.6 Å². The van der Waals surface area contributed by atoms with E-state index in [0.717, 1.165) is 50.0 Å². The first-order chi connectivity index (χ1) is 14.4. The highest BCUT2D eigenvalue weighted by molar-refractivity contribution is 6.36. The zero-order chi connectivity index (χ0) is 20.9. The number of rotatable bonds is 4. The Balaban J connectivity index is 1.21. The molecular weight excluding hydrogens is 415 g/mol. The number of piperazine rings is 1. The monoisotopic (exact) mass is 441 g/mol. The standard InChI is InChI=1S/C21H27ClF3N5/c22-19-17(7-8-30-18(13-14-1-2-14)26-27-20(19)30)29-11-9-28(10-12-29)16-5-3-15(4-6-16)21(23,24)25/h7-8,14-16H,1-6,9-13H2/t15-,16+. The third-order valence-corrected chi connectivity index (χ3v) is 7.43. The highest BCUT2D eigenvalue weighted by Gasteiger charge is 2.42. The summed E-state index contributed by atoms with van der Waals surface area (Å²) in [6, 6.07) is 2.31. The summed E-state index contributed by atoms with van der Waals surface area (Å²) in [6.45, 7) is 3.33. The van der Waals surface area contributed by atoms with Crippen molar-refractivity contribution in [3.05, 3.63) is 23.1 Å². The topological polar surface area (TPSA) is 36.7 Å². The van der Waals surface area contributed by atoms with Crippen LogP contribution in [-0.2, 0) is 6.42 Å². The van der Waals surface area contributed by atoms with Gasteiger partial charge in [0.25, 0.3) is 0 Å². The molecule has 1 aliphatic heterocycles. The maximum Gasteiger partial charge on any atom is 0.391 e. The predicted molar refractivity (Wildman–Crippen MR) is 110 cm³/mol. The molecule has 2 saturated carbocycles. The van der Waals surface area contributed by atoms with Crippen LogP contribution in [0.5, 0.6) is 0 Å². The zero-order valence-corrected chi connectivity index (χ0v) is 17.7. The zero-order valence-electron chi connectivity index (χ0n) is 16.9. The van der Waals surface area contributed by atoms with Crippen molar-refractivity contribution in [3.63, 3.8) is 0 Å². The minimum absolute atomic E-state index is 0.257. The Morgan fingerprint density at radius 3 is 2.30 bits per heavy atom. The highest BCUT2D eigenvalue weighted by Crippen LogP contribution is 2.39. The molecule has 0 N–H and O–H groups in total. The average molecular weight is 442 g/mol. The Morgan fingerprint density at radius 1 is 0.967 bits per heavy atom. The van der Waals surface area contributed by atoms with Crippen molar-refractivity contribution in [1.82, 2.24) is 19.5 Å². The first-order valence-electron chi connectivity index (χ1n) is 11.0. The van der Waals surface area contributed by atoms with Crippen LogP contribution >= 0.6 is 11.6 Å². The van der Waals surface area contributed by atoms with Crippen LogP contribution in [0.15, 0.2) is 12.3 Å². The number of nitrogens with zero attached hydrogens (tertiary/aromatic N) is 5. The Hall–Kier alpha value is -1.54. The van der Waals surface area contributed by atoms with Gasteiger partial charge in [0.1, 0.15) is 10.8 Å². The number of halogens is 4. The van der Waals surface area contributed by atoms with Crippen LogP contribution < -0.4 is 4.90 Å². The number of hydrogen-bond acceptors (Lipinski definition) is 4. The van der Waals surface area contributed by atoms with Crippen LogP contribution in [0.1, 0.15) is 44.3 Å². The highest BCUT2D eigenvalue weighted by atomic mass is 35.5. The van der Waals surface area contributed by atoms with Crippen molar-refractivity contribution in [3.8, 4) is 0 Å². The number of alkyl halides is 3. The lowest BCUT2D eigenvalue weighted by Crippen LogP contribution is -2.51. The van der Waals surface area contributed by atoms with E-state index < -0.39 is 12.1 Å². The summed E-state index contributed by atoms with van der Waals surface area (Å²) in [7, 11) is 0. The van der Waals surface area contributed by atoms with Crippen molar-refractivity contribution in [2.24, 2.45) is 11.8 Å². The fourth-order valence-electron chi connectivity index (χ4n) is 5.02. The van der Waals surface area contributed by atoms with Gasteiger partial charge in [-0.05, 0) is 50.5 Å².